The molecule has 1 aliphatic rings. The summed E-state index contributed by atoms with van der Waals surface area (Å²) in [5.74, 6) is -2.32. The summed E-state index contributed by atoms with van der Waals surface area (Å²) < 4.78 is 46.9. The highest BCUT2D eigenvalue weighted by atomic mass is 32.2. The van der Waals surface area contributed by atoms with Crippen LogP contribution in [0.3, 0.4) is 0 Å². The molecule has 160 valence electrons. The maximum absolute atomic E-state index is 14.2. The Labute approximate surface area is 173 Å². The van der Waals surface area contributed by atoms with Crippen LogP contribution in [0.5, 0.6) is 5.75 Å². The van der Waals surface area contributed by atoms with Crippen LogP contribution in [0.2, 0.25) is 0 Å². The maximum Gasteiger partial charge on any atom is 0.303 e. The molecule has 3 N–H and O–H groups in total. The van der Waals surface area contributed by atoms with Gasteiger partial charge in [-0.2, -0.15) is 0 Å². The number of ether oxygens (including phenoxy) is 1. The van der Waals surface area contributed by atoms with Gasteiger partial charge in [0, 0.05) is 23.7 Å². The summed E-state index contributed by atoms with van der Waals surface area (Å²) in [4.78, 5) is 22.3. The largest absolute Gasteiger partial charge is 0.491 e. The molecule has 0 atom stereocenters. The minimum atomic E-state index is -4.10. The lowest BCUT2D eigenvalue weighted by Gasteiger charge is -2.11. The van der Waals surface area contributed by atoms with Gasteiger partial charge in [0.15, 0.2) is 11.6 Å². The molecular formula is C20H21FN2O6S. The zero-order valence-corrected chi connectivity index (χ0v) is 16.7. The molecule has 0 aromatic heterocycles. The fourth-order valence-electron chi connectivity index (χ4n) is 2.61. The molecule has 0 unspecified atom stereocenters. The van der Waals surface area contributed by atoms with E-state index in [2.05, 4.69) is 10.0 Å². The number of carboxylic acid groups (broad SMARTS) is 1. The van der Waals surface area contributed by atoms with Crippen molar-refractivity contribution >= 4 is 27.6 Å². The Morgan fingerprint density at radius 3 is 2.60 bits per heavy atom. The topological polar surface area (TPSA) is 122 Å². The number of anilines is 1. The molecule has 8 nitrogen and oxygen atoms in total. The highest BCUT2D eigenvalue weighted by Crippen LogP contribution is 2.24. The summed E-state index contributed by atoms with van der Waals surface area (Å²) in [6.07, 6.45) is 1.95. The zero-order chi connectivity index (χ0) is 21.7. The fraction of sp³-hybridized carbons (Fsp3) is 0.300. The second kappa shape index (κ2) is 9.12. The van der Waals surface area contributed by atoms with Crippen molar-refractivity contribution in [2.75, 3.05) is 11.3 Å². The summed E-state index contributed by atoms with van der Waals surface area (Å²) in [7, 11) is -4.10. The molecule has 0 radical (unpaired) electrons. The second-order valence-corrected chi connectivity index (χ2v) is 8.55. The normalized spacial score (nSPS) is 13.5. The van der Waals surface area contributed by atoms with Crippen molar-refractivity contribution in [1.29, 1.82) is 0 Å². The summed E-state index contributed by atoms with van der Waals surface area (Å²) in [6, 6.07) is 9.36. The molecule has 1 amide bonds. The third kappa shape index (κ3) is 5.93. The minimum Gasteiger partial charge on any atom is -0.491 e. The highest BCUT2D eigenvalue weighted by molar-refractivity contribution is 7.92. The van der Waals surface area contributed by atoms with Crippen LogP contribution in [0.1, 0.15) is 36.0 Å². The van der Waals surface area contributed by atoms with Gasteiger partial charge in [0.1, 0.15) is 0 Å². The van der Waals surface area contributed by atoms with E-state index in [0.29, 0.717) is 5.56 Å². The summed E-state index contributed by atoms with van der Waals surface area (Å²) in [5.41, 5.74) is 0.492. The van der Waals surface area contributed by atoms with Crippen LogP contribution in [0.15, 0.2) is 47.4 Å². The molecule has 30 heavy (non-hydrogen) atoms. The smallest absolute Gasteiger partial charge is 0.303 e. The monoisotopic (exact) mass is 436 g/mol. The Bertz CT molecular complexity index is 1050. The van der Waals surface area contributed by atoms with Gasteiger partial charge in [0.25, 0.3) is 15.9 Å². The van der Waals surface area contributed by atoms with Crippen LogP contribution >= 0.6 is 0 Å². The van der Waals surface area contributed by atoms with Crippen molar-refractivity contribution in [3.8, 4) is 5.75 Å². The molecular weight excluding hydrogens is 415 g/mol. The lowest BCUT2D eigenvalue weighted by atomic mass is 10.2. The van der Waals surface area contributed by atoms with E-state index in [9.17, 15) is 22.4 Å². The molecule has 0 aliphatic heterocycles. The molecule has 2 aromatic carbocycles. The molecule has 0 bridgehead atoms. The van der Waals surface area contributed by atoms with Gasteiger partial charge in [0.2, 0.25) is 0 Å². The van der Waals surface area contributed by atoms with E-state index in [0.717, 1.165) is 18.9 Å². The summed E-state index contributed by atoms with van der Waals surface area (Å²) >= 11 is 0. The molecule has 0 spiro atoms. The first-order chi connectivity index (χ1) is 14.2. The number of carboxylic acids is 1. The van der Waals surface area contributed by atoms with Gasteiger partial charge in [-0.15, -0.1) is 0 Å². The van der Waals surface area contributed by atoms with Gasteiger partial charge < -0.3 is 15.2 Å². The Morgan fingerprint density at radius 1 is 1.17 bits per heavy atom. The molecule has 1 saturated carbocycles. The van der Waals surface area contributed by atoms with E-state index in [-0.39, 0.29) is 47.7 Å². The molecule has 2 aromatic rings. The predicted octanol–water partition coefficient (Wildman–Crippen LogP) is 2.76. The minimum absolute atomic E-state index is 0.0106. The molecule has 0 heterocycles. The molecule has 1 fully saturated rings. The number of hydrogen-bond donors (Lipinski definition) is 3. The van der Waals surface area contributed by atoms with Crippen molar-refractivity contribution in [1.82, 2.24) is 5.32 Å². The summed E-state index contributed by atoms with van der Waals surface area (Å²) in [5, 5.41) is 11.4. The first-order valence-corrected chi connectivity index (χ1v) is 10.8. The number of rotatable bonds is 10. The Morgan fingerprint density at radius 2 is 1.93 bits per heavy atom. The first-order valence-electron chi connectivity index (χ1n) is 9.32. The fourth-order valence-corrected chi connectivity index (χ4v) is 3.67. The summed E-state index contributed by atoms with van der Waals surface area (Å²) in [6.45, 7) is -0.0106. The Hall–Kier alpha value is -3.14. The average molecular weight is 436 g/mol. The quantitative estimate of drug-likeness (QED) is 0.493. The van der Waals surface area contributed by atoms with Crippen LogP contribution in [-0.2, 0) is 14.8 Å². The predicted molar refractivity (Wildman–Crippen MR) is 107 cm³/mol. The van der Waals surface area contributed by atoms with Crippen LogP contribution in [-0.4, -0.2) is 38.0 Å². The number of hydrogen-bond acceptors (Lipinski definition) is 5. The van der Waals surface area contributed by atoms with E-state index >= 15 is 0 Å². The number of sulfonamides is 1. The van der Waals surface area contributed by atoms with Gasteiger partial charge in [-0.05, 0) is 55.7 Å². The van der Waals surface area contributed by atoms with Gasteiger partial charge in [-0.1, -0.05) is 6.07 Å². The highest BCUT2D eigenvalue weighted by Gasteiger charge is 2.24. The Balaban J connectivity index is 1.67. The van der Waals surface area contributed by atoms with E-state index in [1.807, 2.05) is 0 Å². The van der Waals surface area contributed by atoms with Crippen molar-refractivity contribution in [3.63, 3.8) is 0 Å². The van der Waals surface area contributed by atoms with Crippen LogP contribution in [0.25, 0.3) is 0 Å². The lowest BCUT2D eigenvalue weighted by molar-refractivity contribution is -0.137. The zero-order valence-electron chi connectivity index (χ0n) is 15.9. The van der Waals surface area contributed by atoms with Crippen molar-refractivity contribution in [2.24, 2.45) is 0 Å². The van der Waals surface area contributed by atoms with E-state index < -0.39 is 21.8 Å². The van der Waals surface area contributed by atoms with Crippen molar-refractivity contribution < 1.29 is 32.2 Å². The van der Waals surface area contributed by atoms with Gasteiger partial charge in [-0.3, -0.25) is 14.3 Å². The van der Waals surface area contributed by atoms with E-state index in [1.54, 1.807) is 12.1 Å². The molecule has 10 heteroatoms. The van der Waals surface area contributed by atoms with E-state index in [1.165, 1.54) is 24.3 Å². The number of nitrogens with one attached hydrogen (secondary N) is 2. The van der Waals surface area contributed by atoms with Gasteiger partial charge >= 0.3 is 5.97 Å². The van der Waals surface area contributed by atoms with Crippen molar-refractivity contribution in [3.05, 3.63) is 53.8 Å². The molecule has 1 aliphatic carbocycles. The lowest BCUT2D eigenvalue weighted by Crippen LogP contribution is -2.25. The number of carbonyl (C=O) groups excluding carboxylic acids is 1. The standard InChI is InChI=1S/C20H21FN2O6S/c21-17-12-16(8-9-18(17)29-10-2-5-19(24)25)30(27,28)23-15-4-1-3-13(11-15)20(26)22-14-6-7-14/h1,3-4,8-9,11-12,14,23H,2,5-7,10H2,(H,22,26)(H,24,25). The second-order valence-electron chi connectivity index (χ2n) is 6.87. The third-order valence-corrected chi connectivity index (χ3v) is 5.67. The number of aliphatic carboxylic acids is 1. The van der Waals surface area contributed by atoms with Crippen LogP contribution in [0.4, 0.5) is 10.1 Å². The number of benzene rings is 2. The number of carbonyl (C=O) groups is 2. The SMILES string of the molecule is O=C(O)CCCOc1ccc(S(=O)(=O)Nc2cccc(C(=O)NC3CC3)c2)cc1F. The van der Waals surface area contributed by atoms with Crippen molar-refractivity contribution in [2.45, 2.75) is 36.6 Å². The maximum atomic E-state index is 14.2. The van der Waals surface area contributed by atoms with Crippen LogP contribution in [0, 0.1) is 5.82 Å². The molecule has 0 saturated heterocycles. The van der Waals surface area contributed by atoms with Crippen LogP contribution < -0.4 is 14.8 Å². The number of amides is 1. The Kier molecular flexibility index (Phi) is 6.56. The molecule has 3 rings (SSSR count). The first kappa shape index (κ1) is 21.6. The third-order valence-electron chi connectivity index (χ3n) is 4.30. The van der Waals surface area contributed by atoms with E-state index in [4.69, 9.17) is 9.84 Å². The van der Waals surface area contributed by atoms with Gasteiger partial charge in [-0.25, -0.2) is 12.8 Å². The average Bonchev–Trinajstić information content (AvgIpc) is 3.50. The number of halogens is 1. The van der Waals surface area contributed by atoms with Gasteiger partial charge in [0.05, 0.1) is 11.5 Å².